The molecule has 1 N–H and O–H groups in total. The van der Waals surface area contributed by atoms with Gasteiger partial charge in [0.25, 0.3) is 0 Å². The number of hydrogen-bond donors (Lipinski definition) is 1. The first-order valence-corrected chi connectivity index (χ1v) is 9.51. The van der Waals surface area contributed by atoms with Crippen LogP contribution in [0.1, 0.15) is 55.3 Å². The molecule has 0 spiro atoms. The van der Waals surface area contributed by atoms with Crippen molar-refractivity contribution in [3.8, 4) is 0 Å². The molecule has 0 saturated heterocycles. The molecule has 1 aliphatic heterocycles. The Kier molecular flexibility index (Phi) is 6.17. The van der Waals surface area contributed by atoms with Crippen LogP contribution in [0.4, 0.5) is 18.9 Å². The summed E-state index contributed by atoms with van der Waals surface area (Å²) in [4.78, 5) is 0. The van der Waals surface area contributed by atoms with Crippen LogP contribution in [0.15, 0.2) is 58.7 Å². The van der Waals surface area contributed by atoms with Crippen molar-refractivity contribution in [1.29, 1.82) is 0 Å². The van der Waals surface area contributed by atoms with E-state index >= 15 is 0 Å². The van der Waals surface area contributed by atoms with E-state index in [1.165, 1.54) is 5.56 Å². The fourth-order valence-corrected chi connectivity index (χ4v) is 3.16. The second-order valence-corrected chi connectivity index (χ2v) is 7.10. The summed E-state index contributed by atoms with van der Waals surface area (Å²) in [5.41, 5.74) is 3.56. The smallest absolute Gasteiger partial charge is 0.378 e. The van der Waals surface area contributed by atoms with Crippen LogP contribution >= 0.6 is 0 Å². The second kappa shape index (κ2) is 8.59. The van der Waals surface area contributed by atoms with Gasteiger partial charge in [0.1, 0.15) is 5.71 Å². The van der Waals surface area contributed by atoms with Gasteiger partial charge in [-0.15, -0.1) is 5.10 Å². The molecule has 6 heteroatoms. The summed E-state index contributed by atoms with van der Waals surface area (Å²) in [6, 6.07) is 16.0. The highest BCUT2D eigenvalue weighted by Gasteiger charge is 2.38. The molecule has 148 valence electrons. The van der Waals surface area contributed by atoms with Gasteiger partial charge >= 0.3 is 6.18 Å². The quantitative estimate of drug-likeness (QED) is 0.582. The van der Waals surface area contributed by atoms with E-state index in [9.17, 15) is 13.2 Å². The van der Waals surface area contributed by atoms with Crippen molar-refractivity contribution in [3.63, 3.8) is 0 Å². The average Bonchev–Trinajstić information content (AvgIpc) is 3.17. The van der Waals surface area contributed by atoms with Gasteiger partial charge in [0.2, 0.25) is 0 Å². The SMILES string of the molecule is CCCCC(Nc1ccc(C)cc1)c1ccc(C2=NN=C(C(F)(F)F)C2)cc1. The van der Waals surface area contributed by atoms with Gasteiger partial charge in [0.15, 0.2) is 0 Å². The first-order chi connectivity index (χ1) is 13.4. The summed E-state index contributed by atoms with van der Waals surface area (Å²) in [5, 5.41) is 10.6. The van der Waals surface area contributed by atoms with Crippen LogP contribution in [0.2, 0.25) is 0 Å². The molecule has 0 bridgehead atoms. The lowest BCUT2D eigenvalue weighted by molar-refractivity contribution is -0.0596. The van der Waals surface area contributed by atoms with Crippen LogP contribution in [0, 0.1) is 6.92 Å². The standard InChI is InChI=1S/C22H24F3N3/c1-3-4-5-19(26-18-12-6-15(2)7-13-18)16-8-10-17(11-9-16)20-14-21(28-27-20)22(23,24)25/h6-13,19,26H,3-5,14H2,1-2H3. The molecule has 0 fully saturated rings. The zero-order valence-electron chi connectivity index (χ0n) is 16.1. The molecule has 1 unspecified atom stereocenters. The van der Waals surface area contributed by atoms with Crippen molar-refractivity contribution in [3.05, 3.63) is 65.2 Å². The number of aryl methyl sites for hydroxylation is 1. The predicted octanol–water partition coefficient (Wildman–Crippen LogP) is 6.45. The molecule has 0 radical (unpaired) electrons. The van der Waals surface area contributed by atoms with E-state index in [4.69, 9.17) is 0 Å². The lowest BCUT2D eigenvalue weighted by Crippen LogP contribution is -2.23. The Balaban J connectivity index is 1.72. The van der Waals surface area contributed by atoms with Crippen molar-refractivity contribution in [2.24, 2.45) is 10.2 Å². The molecule has 2 aromatic carbocycles. The Hall–Kier alpha value is -2.63. The van der Waals surface area contributed by atoms with Gasteiger partial charge in [-0.1, -0.05) is 61.7 Å². The first-order valence-electron chi connectivity index (χ1n) is 9.51. The van der Waals surface area contributed by atoms with Crippen LogP contribution in [0.3, 0.4) is 0 Å². The number of unbranched alkanes of at least 4 members (excludes halogenated alkanes) is 1. The molecular formula is C22H24F3N3. The minimum Gasteiger partial charge on any atom is -0.378 e. The van der Waals surface area contributed by atoms with Crippen LogP contribution < -0.4 is 5.32 Å². The van der Waals surface area contributed by atoms with E-state index in [0.717, 1.165) is 30.5 Å². The van der Waals surface area contributed by atoms with Gasteiger partial charge in [0.05, 0.1) is 11.8 Å². The molecule has 0 aromatic heterocycles. The van der Waals surface area contributed by atoms with E-state index in [2.05, 4.69) is 53.6 Å². The van der Waals surface area contributed by atoms with Crippen LogP contribution in [0.25, 0.3) is 0 Å². The highest BCUT2D eigenvalue weighted by molar-refractivity contribution is 6.16. The summed E-state index contributed by atoms with van der Waals surface area (Å²) < 4.78 is 38.3. The van der Waals surface area contributed by atoms with Crippen LogP contribution in [-0.4, -0.2) is 17.6 Å². The maximum absolute atomic E-state index is 12.8. The van der Waals surface area contributed by atoms with Gasteiger partial charge in [-0.3, -0.25) is 0 Å². The zero-order valence-corrected chi connectivity index (χ0v) is 16.1. The van der Waals surface area contributed by atoms with E-state index < -0.39 is 11.9 Å². The van der Waals surface area contributed by atoms with Crippen molar-refractivity contribution in [2.45, 2.75) is 51.7 Å². The first kappa shape index (κ1) is 20.1. The summed E-state index contributed by atoms with van der Waals surface area (Å²) >= 11 is 0. The van der Waals surface area contributed by atoms with Gasteiger partial charge < -0.3 is 5.32 Å². The molecule has 2 aromatic rings. The van der Waals surface area contributed by atoms with Gasteiger partial charge in [-0.2, -0.15) is 18.3 Å². The van der Waals surface area contributed by atoms with Crippen molar-refractivity contribution in [1.82, 2.24) is 0 Å². The van der Waals surface area contributed by atoms with Crippen LogP contribution in [-0.2, 0) is 0 Å². The lowest BCUT2D eigenvalue weighted by Gasteiger charge is -2.21. The molecule has 1 atom stereocenters. The number of anilines is 1. The Morgan fingerprint density at radius 1 is 1.00 bits per heavy atom. The van der Waals surface area contributed by atoms with Crippen molar-refractivity contribution >= 4 is 17.1 Å². The minimum atomic E-state index is -4.42. The van der Waals surface area contributed by atoms with E-state index in [1.807, 2.05) is 24.3 Å². The molecule has 3 nitrogen and oxygen atoms in total. The number of rotatable bonds is 7. The topological polar surface area (TPSA) is 36.8 Å². The Labute approximate surface area is 163 Å². The summed E-state index contributed by atoms with van der Waals surface area (Å²) in [7, 11) is 0. The molecule has 3 rings (SSSR count). The van der Waals surface area contributed by atoms with Gasteiger partial charge in [-0.05, 0) is 36.6 Å². The molecule has 28 heavy (non-hydrogen) atoms. The van der Waals surface area contributed by atoms with E-state index in [0.29, 0.717) is 11.3 Å². The predicted molar refractivity (Wildman–Crippen MR) is 108 cm³/mol. The third-order valence-electron chi connectivity index (χ3n) is 4.84. The molecular weight excluding hydrogens is 363 g/mol. The monoisotopic (exact) mass is 387 g/mol. The fourth-order valence-electron chi connectivity index (χ4n) is 3.16. The number of halogens is 3. The summed E-state index contributed by atoms with van der Waals surface area (Å²) in [6.45, 7) is 4.21. The number of hydrogen-bond acceptors (Lipinski definition) is 3. The number of benzene rings is 2. The average molecular weight is 387 g/mol. The molecule has 0 saturated carbocycles. The largest absolute Gasteiger partial charge is 0.431 e. The summed E-state index contributed by atoms with van der Waals surface area (Å²) in [5.74, 6) is 0. The Morgan fingerprint density at radius 2 is 1.68 bits per heavy atom. The second-order valence-electron chi connectivity index (χ2n) is 7.10. The van der Waals surface area contributed by atoms with Crippen LogP contribution in [0.5, 0.6) is 0 Å². The molecule has 1 aliphatic rings. The number of nitrogens with zero attached hydrogens (tertiary/aromatic N) is 2. The van der Waals surface area contributed by atoms with Crippen molar-refractivity contribution in [2.75, 3.05) is 5.32 Å². The lowest BCUT2D eigenvalue weighted by atomic mass is 9.97. The van der Waals surface area contributed by atoms with Gasteiger partial charge in [-0.25, -0.2) is 0 Å². The third-order valence-corrected chi connectivity index (χ3v) is 4.84. The fraction of sp³-hybridized carbons (Fsp3) is 0.364. The van der Waals surface area contributed by atoms with E-state index in [-0.39, 0.29) is 12.5 Å². The van der Waals surface area contributed by atoms with Gasteiger partial charge in [0, 0.05) is 12.1 Å². The Morgan fingerprint density at radius 3 is 2.25 bits per heavy atom. The third kappa shape index (κ3) is 5.00. The zero-order chi connectivity index (χ0) is 20.1. The summed E-state index contributed by atoms with van der Waals surface area (Å²) in [6.07, 6.45) is -1.54. The molecule has 1 heterocycles. The number of nitrogens with one attached hydrogen (secondary N) is 1. The highest BCUT2D eigenvalue weighted by atomic mass is 19.4. The molecule has 0 amide bonds. The maximum Gasteiger partial charge on any atom is 0.431 e. The minimum absolute atomic E-state index is 0.143. The highest BCUT2D eigenvalue weighted by Crippen LogP contribution is 2.28. The Bertz CT molecular complexity index is 850. The normalized spacial score (nSPS) is 15.2. The van der Waals surface area contributed by atoms with Crippen molar-refractivity contribution < 1.29 is 13.2 Å². The molecule has 0 aliphatic carbocycles. The maximum atomic E-state index is 12.8. The number of alkyl halides is 3. The van der Waals surface area contributed by atoms with E-state index in [1.54, 1.807) is 0 Å².